The molecule has 0 aliphatic carbocycles. The SMILES string of the molecule is CN(C)S(O)(O)n1nc(C(F)(F)F)cc1Cl. The molecule has 1 aromatic heterocycles. The zero-order valence-corrected chi connectivity index (χ0v) is 9.81. The molecule has 0 spiro atoms. The first-order valence-corrected chi connectivity index (χ1v) is 5.69. The van der Waals surface area contributed by atoms with Gasteiger partial charge in [-0.2, -0.15) is 17.5 Å². The number of halogens is 4. The summed E-state index contributed by atoms with van der Waals surface area (Å²) in [4.78, 5) is 0. The monoisotopic (exact) mass is 279 g/mol. The summed E-state index contributed by atoms with van der Waals surface area (Å²) in [5, 5.41) is 2.53. The van der Waals surface area contributed by atoms with Crippen LogP contribution in [0.15, 0.2) is 6.07 Å². The summed E-state index contributed by atoms with van der Waals surface area (Å²) in [5.74, 6) is 0. The molecule has 0 saturated heterocycles. The summed E-state index contributed by atoms with van der Waals surface area (Å²) in [6.45, 7) is 0. The molecule has 5 nitrogen and oxygen atoms in total. The van der Waals surface area contributed by atoms with Crippen LogP contribution in [-0.4, -0.2) is 36.7 Å². The Morgan fingerprint density at radius 2 is 1.94 bits per heavy atom. The zero-order valence-electron chi connectivity index (χ0n) is 8.23. The van der Waals surface area contributed by atoms with Crippen molar-refractivity contribution in [2.45, 2.75) is 6.18 Å². The van der Waals surface area contributed by atoms with Crippen molar-refractivity contribution >= 4 is 22.6 Å². The molecule has 0 amide bonds. The highest BCUT2D eigenvalue weighted by Gasteiger charge is 2.36. The number of alkyl halides is 3. The fourth-order valence-electron chi connectivity index (χ4n) is 0.807. The highest BCUT2D eigenvalue weighted by atomic mass is 35.5. The lowest BCUT2D eigenvalue weighted by Crippen LogP contribution is -2.26. The first-order chi connectivity index (χ1) is 7.06. The van der Waals surface area contributed by atoms with Crippen LogP contribution in [0.4, 0.5) is 13.2 Å². The molecule has 94 valence electrons. The van der Waals surface area contributed by atoms with Crippen molar-refractivity contribution < 1.29 is 22.3 Å². The lowest BCUT2D eigenvalue weighted by Gasteiger charge is -2.37. The number of rotatable bonds is 2. The number of hydrogen-bond donors (Lipinski definition) is 2. The molecule has 0 saturated carbocycles. The second kappa shape index (κ2) is 4.08. The molecule has 0 aliphatic rings. The van der Waals surface area contributed by atoms with Crippen LogP contribution >= 0.6 is 22.6 Å². The van der Waals surface area contributed by atoms with Crippen molar-refractivity contribution in [1.82, 2.24) is 13.5 Å². The highest BCUT2D eigenvalue weighted by Crippen LogP contribution is 2.45. The second-order valence-electron chi connectivity index (χ2n) is 3.03. The van der Waals surface area contributed by atoms with E-state index in [1.54, 1.807) is 0 Å². The summed E-state index contributed by atoms with van der Waals surface area (Å²) in [6.07, 6.45) is -4.68. The Bertz CT molecular complexity index is 393. The summed E-state index contributed by atoms with van der Waals surface area (Å²) in [5.41, 5.74) is -1.28. The molecule has 0 aliphatic heterocycles. The standard InChI is InChI=1S/C6H9ClF3N3O2S/c1-12(2)16(14,15)13-5(7)3-4(11-13)6(8,9)10/h3,14-15H,1-2H3. The van der Waals surface area contributed by atoms with Gasteiger partial charge in [-0.3, -0.25) is 9.11 Å². The smallest absolute Gasteiger partial charge is 0.267 e. The van der Waals surface area contributed by atoms with Gasteiger partial charge < -0.3 is 0 Å². The Labute approximate surface area is 96.0 Å². The third-order valence-corrected chi connectivity index (χ3v) is 3.74. The topological polar surface area (TPSA) is 61.5 Å². The van der Waals surface area contributed by atoms with Crippen molar-refractivity contribution in [3.8, 4) is 0 Å². The molecule has 16 heavy (non-hydrogen) atoms. The first kappa shape index (κ1) is 13.6. The van der Waals surface area contributed by atoms with Gasteiger partial charge in [0.2, 0.25) is 0 Å². The average Bonchev–Trinajstić information content (AvgIpc) is 2.46. The molecule has 2 N–H and O–H groups in total. The maximum atomic E-state index is 12.3. The lowest BCUT2D eigenvalue weighted by molar-refractivity contribution is -0.141. The van der Waals surface area contributed by atoms with Crippen LogP contribution in [0.3, 0.4) is 0 Å². The molecule has 0 unspecified atom stereocenters. The van der Waals surface area contributed by atoms with Crippen molar-refractivity contribution in [3.05, 3.63) is 16.9 Å². The minimum atomic E-state index is -4.68. The fourth-order valence-corrected chi connectivity index (χ4v) is 2.02. The molecule has 1 rings (SSSR count). The van der Waals surface area contributed by atoms with Gasteiger partial charge in [0, 0.05) is 20.2 Å². The van der Waals surface area contributed by atoms with Crippen LogP contribution < -0.4 is 0 Å². The first-order valence-electron chi connectivity index (χ1n) is 3.86. The quantitative estimate of drug-likeness (QED) is 0.873. The van der Waals surface area contributed by atoms with Gasteiger partial charge in [0.1, 0.15) is 0 Å². The largest absolute Gasteiger partial charge is 0.435 e. The molecule has 1 aromatic rings. The third kappa shape index (κ3) is 2.43. The van der Waals surface area contributed by atoms with Crippen molar-refractivity contribution in [2.24, 2.45) is 0 Å². The molecule has 0 atom stereocenters. The molecule has 0 aromatic carbocycles. The van der Waals surface area contributed by atoms with E-state index in [1.165, 1.54) is 14.1 Å². The van der Waals surface area contributed by atoms with Gasteiger partial charge in [0.15, 0.2) is 10.8 Å². The molecule has 0 radical (unpaired) electrons. The predicted octanol–water partition coefficient (Wildman–Crippen LogP) is 2.55. The number of hydrogen-bond acceptors (Lipinski definition) is 4. The summed E-state index contributed by atoms with van der Waals surface area (Å²) >= 11 is 5.45. The van der Waals surface area contributed by atoms with Gasteiger partial charge in [-0.15, -0.1) is 9.19 Å². The molecule has 1 heterocycles. The van der Waals surface area contributed by atoms with Gasteiger partial charge >= 0.3 is 6.18 Å². The Balaban J connectivity index is 3.23. The Morgan fingerprint density at radius 1 is 1.44 bits per heavy atom. The minimum Gasteiger partial charge on any atom is -0.267 e. The van der Waals surface area contributed by atoms with Gasteiger partial charge in [-0.1, -0.05) is 11.6 Å². The van der Waals surface area contributed by atoms with Crippen LogP contribution in [0.1, 0.15) is 5.69 Å². The second-order valence-corrected chi connectivity index (χ2v) is 5.47. The molecule has 10 heteroatoms. The van der Waals surface area contributed by atoms with Crippen LogP contribution in [0.5, 0.6) is 0 Å². The molecule has 0 fully saturated rings. The maximum absolute atomic E-state index is 12.3. The van der Waals surface area contributed by atoms with Crippen LogP contribution in [0.25, 0.3) is 0 Å². The summed E-state index contributed by atoms with van der Waals surface area (Å²) in [6, 6.07) is 0.527. The average molecular weight is 280 g/mol. The van der Waals surface area contributed by atoms with E-state index in [0.29, 0.717) is 10.2 Å². The molecule has 0 bridgehead atoms. The Kier molecular flexibility index (Phi) is 3.46. The molecular formula is C6H9ClF3N3O2S. The van der Waals surface area contributed by atoms with Crippen LogP contribution in [0, 0.1) is 0 Å². The summed E-state index contributed by atoms with van der Waals surface area (Å²) in [7, 11) is -1.08. The van der Waals surface area contributed by atoms with E-state index >= 15 is 0 Å². The van der Waals surface area contributed by atoms with E-state index in [1.807, 2.05) is 0 Å². The number of nitrogens with zero attached hydrogens (tertiary/aromatic N) is 3. The number of aromatic nitrogens is 2. The zero-order chi connectivity index (χ0) is 12.7. The molecular weight excluding hydrogens is 271 g/mol. The fraction of sp³-hybridized carbons (Fsp3) is 0.500. The summed E-state index contributed by atoms with van der Waals surface area (Å²) < 4.78 is 57.1. The van der Waals surface area contributed by atoms with E-state index in [0.717, 1.165) is 4.31 Å². The van der Waals surface area contributed by atoms with E-state index < -0.39 is 28.0 Å². The van der Waals surface area contributed by atoms with Gasteiger partial charge in [-0.25, -0.2) is 0 Å². The minimum absolute atomic E-state index is 0.345. The Morgan fingerprint density at radius 3 is 2.25 bits per heavy atom. The van der Waals surface area contributed by atoms with E-state index in [4.69, 9.17) is 11.6 Å². The predicted molar refractivity (Wildman–Crippen MR) is 54.2 cm³/mol. The van der Waals surface area contributed by atoms with Crippen LogP contribution in [-0.2, 0) is 6.18 Å². The van der Waals surface area contributed by atoms with Gasteiger partial charge in [-0.05, 0) is 11.0 Å². The van der Waals surface area contributed by atoms with E-state index in [9.17, 15) is 22.3 Å². The van der Waals surface area contributed by atoms with E-state index in [2.05, 4.69) is 5.10 Å². The maximum Gasteiger partial charge on any atom is 0.435 e. The van der Waals surface area contributed by atoms with E-state index in [-0.39, 0.29) is 0 Å². The highest BCUT2D eigenvalue weighted by molar-refractivity contribution is 8.20. The van der Waals surface area contributed by atoms with Crippen LogP contribution in [0.2, 0.25) is 5.15 Å². The normalized spacial score (nSPS) is 14.6. The van der Waals surface area contributed by atoms with Gasteiger partial charge in [0.25, 0.3) is 0 Å². The Hall–Kier alpha value is -0.480. The third-order valence-electron chi connectivity index (χ3n) is 1.65. The van der Waals surface area contributed by atoms with Crippen molar-refractivity contribution in [2.75, 3.05) is 14.1 Å². The van der Waals surface area contributed by atoms with Crippen molar-refractivity contribution in [1.29, 1.82) is 0 Å². The van der Waals surface area contributed by atoms with Crippen molar-refractivity contribution in [3.63, 3.8) is 0 Å². The van der Waals surface area contributed by atoms with Gasteiger partial charge in [0.05, 0.1) is 0 Å². The lowest BCUT2D eigenvalue weighted by atomic mass is 10.4.